The summed E-state index contributed by atoms with van der Waals surface area (Å²) in [4.78, 5) is 30.2. The summed E-state index contributed by atoms with van der Waals surface area (Å²) in [6, 6.07) is 18.1. The molecule has 2 atom stereocenters. The van der Waals surface area contributed by atoms with Crippen molar-refractivity contribution >= 4 is 17.5 Å². The zero-order valence-electron chi connectivity index (χ0n) is 16.6. The number of hydrazine groups is 1. The lowest BCUT2D eigenvalue weighted by Crippen LogP contribution is -2.51. The number of nitrogens with one attached hydrogen (secondary N) is 2. The molecule has 2 unspecified atom stereocenters. The predicted molar refractivity (Wildman–Crippen MR) is 111 cm³/mol. The molecule has 2 aromatic carbocycles. The topological polar surface area (TPSA) is 64.7 Å². The maximum atomic E-state index is 13.3. The van der Waals surface area contributed by atoms with E-state index in [1.54, 1.807) is 4.90 Å². The molecule has 29 heavy (non-hydrogen) atoms. The maximum absolute atomic E-state index is 13.3. The number of anilines is 1. The Morgan fingerprint density at radius 1 is 1.03 bits per heavy atom. The smallest absolute Gasteiger partial charge is 0.237 e. The van der Waals surface area contributed by atoms with Gasteiger partial charge in [-0.25, -0.2) is 5.43 Å². The van der Waals surface area contributed by atoms with Gasteiger partial charge in [-0.2, -0.15) is 0 Å². The standard InChI is InChI=1S/C23H26N4O2/c1-26-19-10-6-5-9-18(19)23(22(26)29)11-13-27(14-12-23)21(28)17-15-24-25-20(17)16-7-3-2-4-8-16/h2-10,17,20,24-25H,11-15H2,1H3. The first kappa shape index (κ1) is 18.3. The maximum Gasteiger partial charge on any atom is 0.237 e. The number of piperidine rings is 1. The molecule has 150 valence electrons. The predicted octanol–water partition coefficient (Wildman–Crippen LogP) is 1.99. The fourth-order valence-corrected chi connectivity index (χ4v) is 5.25. The Labute approximate surface area is 170 Å². The quantitative estimate of drug-likeness (QED) is 0.823. The van der Waals surface area contributed by atoms with Crippen molar-refractivity contribution in [2.75, 3.05) is 31.6 Å². The Morgan fingerprint density at radius 3 is 2.48 bits per heavy atom. The normalized spacial score (nSPS) is 25.5. The van der Waals surface area contributed by atoms with Gasteiger partial charge in [-0.3, -0.25) is 15.0 Å². The molecular weight excluding hydrogens is 364 g/mol. The Kier molecular flexibility index (Phi) is 4.41. The summed E-state index contributed by atoms with van der Waals surface area (Å²) in [7, 11) is 1.85. The number of likely N-dealkylation sites (tertiary alicyclic amines) is 1. The van der Waals surface area contributed by atoms with Crippen LogP contribution < -0.4 is 15.8 Å². The molecule has 0 aromatic heterocycles. The van der Waals surface area contributed by atoms with E-state index in [9.17, 15) is 9.59 Å². The van der Waals surface area contributed by atoms with Crippen molar-refractivity contribution in [2.45, 2.75) is 24.3 Å². The van der Waals surface area contributed by atoms with E-state index >= 15 is 0 Å². The zero-order valence-corrected chi connectivity index (χ0v) is 16.6. The highest BCUT2D eigenvalue weighted by Crippen LogP contribution is 2.47. The third-order valence-corrected chi connectivity index (χ3v) is 6.88. The number of para-hydroxylation sites is 1. The van der Waals surface area contributed by atoms with Crippen LogP contribution in [0.1, 0.15) is 30.0 Å². The van der Waals surface area contributed by atoms with Crippen LogP contribution in [-0.2, 0) is 15.0 Å². The van der Waals surface area contributed by atoms with Crippen LogP contribution in [0.4, 0.5) is 5.69 Å². The van der Waals surface area contributed by atoms with E-state index in [1.807, 2.05) is 48.3 Å². The molecule has 1 spiro atoms. The molecule has 6 heteroatoms. The Morgan fingerprint density at radius 2 is 1.72 bits per heavy atom. The summed E-state index contributed by atoms with van der Waals surface area (Å²) in [5, 5.41) is 0. The van der Waals surface area contributed by atoms with E-state index in [4.69, 9.17) is 0 Å². The van der Waals surface area contributed by atoms with Crippen molar-refractivity contribution in [1.29, 1.82) is 0 Å². The molecule has 0 saturated carbocycles. The molecule has 2 N–H and O–H groups in total. The number of carbonyl (C=O) groups excluding carboxylic acids is 2. The van der Waals surface area contributed by atoms with Crippen LogP contribution in [0, 0.1) is 5.92 Å². The molecule has 3 heterocycles. The summed E-state index contributed by atoms with van der Waals surface area (Å²) >= 11 is 0. The first-order valence-electron chi connectivity index (χ1n) is 10.3. The van der Waals surface area contributed by atoms with Gasteiger partial charge >= 0.3 is 0 Å². The molecule has 3 aliphatic heterocycles. The number of amides is 2. The molecule has 5 rings (SSSR count). The SMILES string of the molecule is CN1C(=O)C2(CCN(C(=O)C3CNNC3c3ccccc3)CC2)c2ccccc21. The molecule has 2 fully saturated rings. The average Bonchev–Trinajstić information content (AvgIpc) is 3.34. The fourth-order valence-electron chi connectivity index (χ4n) is 5.25. The molecular formula is C23H26N4O2. The number of benzene rings is 2. The minimum atomic E-state index is -0.479. The molecule has 0 bridgehead atoms. The molecule has 3 aliphatic rings. The number of fused-ring (bicyclic) bond motifs is 2. The van der Waals surface area contributed by atoms with E-state index in [0.29, 0.717) is 32.5 Å². The van der Waals surface area contributed by atoms with Gasteiger partial charge in [-0.1, -0.05) is 48.5 Å². The highest BCUT2D eigenvalue weighted by Gasteiger charge is 2.51. The molecule has 2 aromatic rings. The second-order valence-corrected chi connectivity index (χ2v) is 8.31. The molecule has 0 radical (unpaired) electrons. The van der Waals surface area contributed by atoms with Gasteiger partial charge in [0.25, 0.3) is 0 Å². The van der Waals surface area contributed by atoms with Gasteiger partial charge < -0.3 is 9.80 Å². The summed E-state index contributed by atoms with van der Waals surface area (Å²) in [6.07, 6.45) is 1.37. The highest BCUT2D eigenvalue weighted by molar-refractivity contribution is 6.08. The third-order valence-electron chi connectivity index (χ3n) is 6.88. The first-order chi connectivity index (χ1) is 14.1. The molecule has 0 aliphatic carbocycles. The number of carbonyl (C=O) groups is 2. The van der Waals surface area contributed by atoms with Crippen LogP contribution >= 0.6 is 0 Å². The van der Waals surface area contributed by atoms with E-state index in [1.165, 1.54) is 0 Å². The third kappa shape index (κ3) is 2.78. The number of hydrogen-bond acceptors (Lipinski definition) is 4. The van der Waals surface area contributed by atoms with Crippen molar-refractivity contribution in [3.05, 3.63) is 65.7 Å². The van der Waals surface area contributed by atoms with Crippen molar-refractivity contribution in [2.24, 2.45) is 5.92 Å². The minimum Gasteiger partial charge on any atom is -0.342 e. The van der Waals surface area contributed by atoms with Gasteiger partial charge in [0.15, 0.2) is 0 Å². The first-order valence-corrected chi connectivity index (χ1v) is 10.3. The Hall–Kier alpha value is -2.70. The van der Waals surface area contributed by atoms with Crippen LogP contribution in [0.5, 0.6) is 0 Å². The summed E-state index contributed by atoms with van der Waals surface area (Å²) in [5.41, 5.74) is 9.18. The number of nitrogens with zero attached hydrogens (tertiary/aromatic N) is 2. The zero-order chi connectivity index (χ0) is 20.0. The highest BCUT2D eigenvalue weighted by atomic mass is 16.2. The van der Waals surface area contributed by atoms with Gasteiger partial charge in [0.2, 0.25) is 11.8 Å². The van der Waals surface area contributed by atoms with Gasteiger partial charge in [0, 0.05) is 32.4 Å². The second kappa shape index (κ2) is 6.97. The minimum absolute atomic E-state index is 0.0282. The van der Waals surface area contributed by atoms with E-state index in [2.05, 4.69) is 29.1 Å². The lowest BCUT2D eigenvalue weighted by molar-refractivity contribution is -0.139. The Balaban J connectivity index is 1.34. The number of likely N-dealkylation sites (N-methyl/N-ethyl adjacent to an activating group) is 1. The average molecular weight is 390 g/mol. The lowest BCUT2D eigenvalue weighted by atomic mass is 9.73. The molecule has 2 amide bonds. The van der Waals surface area contributed by atoms with E-state index < -0.39 is 5.41 Å². The largest absolute Gasteiger partial charge is 0.342 e. The Bertz CT molecular complexity index is 937. The van der Waals surface area contributed by atoms with Crippen LogP contribution in [0.2, 0.25) is 0 Å². The van der Waals surface area contributed by atoms with Crippen molar-refractivity contribution in [3.63, 3.8) is 0 Å². The fraction of sp³-hybridized carbons (Fsp3) is 0.391. The van der Waals surface area contributed by atoms with Crippen LogP contribution in [0.15, 0.2) is 54.6 Å². The van der Waals surface area contributed by atoms with Crippen molar-refractivity contribution in [3.8, 4) is 0 Å². The van der Waals surface area contributed by atoms with Crippen LogP contribution in [-0.4, -0.2) is 43.4 Å². The van der Waals surface area contributed by atoms with Crippen molar-refractivity contribution in [1.82, 2.24) is 15.8 Å². The van der Waals surface area contributed by atoms with Gasteiger partial charge in [-0.15, -0.1) is 0 Å². The van der Waals surface area contributed by atoms with Gasteiger partial charge in [0.1, 0.15) is 0 Å². The van der Waals surface area contributed by atoms with Gasteiger partial charge in [0.05, 0.1) is 17.4 Å². The van der Waals surface area contributed by atoms with Crippen molar-refractivity contribution < 1.29 is 9.59 Å². The van der Waals surface area contributed by atoms with E-state index in [-0.39, 0.29) is 23.8 Å². The molecule has 6 nitrogen and oxygen atoms in total. The summed E-state index contributed by atoms with van der Waals surface area (Å²) in [5.74, 6) is 0.191. The summed E-state index contributed by atoms with van der Waals surface area (Å²) in [6.45, 7) is 1.85. The van der Waals surface area contributed by atoms with Gasteiger partial charge in [-0.05, 0) is 30.0 Å². The van der Waals surface area contributed by atoms with E-state index in [0.717, 1.165) is 16.8 Å². The second-order valence-electron chi connectivity index (χ2n) is 8.31. The van der Waals surface area contributed by atoms with Crippen LogP contribution in [0.25, 0.3) is 0 Å². The summed E-state index contributed by atoms with van der Waals surface area (Å²) < 4.78 is 0. The molecule has 2 saturated heterocycles. The monoisotopic (exact) mass is 390 g/mol. The number of hydrogen-bond donors (Lipinski definition) is 2. The van der Waals surface area contributed by atoms with Crippen LogP contribution in [0.3, 0.4) is 0 Å². The lowest BCUT2D eigenvalue weighted by Gasteiger charge is -2.39. The number of rotatable bonds is 2.